The van der Waals surface area contributed by atoms with Gasteiger partial charge in [0.05, 0.1) is 22.3 Å². The summed E-state index contributed by atoms with van der Waals surface area (Å²) in [6.45, 7) is 10.4. The van der Waals surface area contributed by atoms with Crippen LogP contribution in [0.5, 0.6) is 11.5 Å². The maximum absolute atomic E-state index is 6.13. The van der Waals surface area contributed by atoms with Crippen molar-refractivity contribution >= 4 is 22.6 Å². The molecular formula is C24H37IO2. The Labute approximate surface area is 180 Å². The normalized spacial score (nSPS) is 13.0. The zero-order valence-corrected chi connectivity index (χ0v) is 19.8. The predicted molar refractivity (Wildman–Crippen MR) is 125 cm³/mol. The summed E-state index contributed by atoms with van der Waals surface area (Å²) in [5.74, 6) is 5.66. The Hall–Kier alpha value is -0.890. The van der Waals surface area contributed by atoms with Gasteiger partial charge in [0.25, 0.3) is 0 Å². The molecule has 1 aromatic rings. The van der Waals surface area contributed by atoms with Crippen LogP contribution in [0.4, 0.5) is 0 Å². The highest BCUT2D eigenvalue weighted by Gasteiger charge is 2.14. The Morgan fingerprint density at radius 1 is 0.889 bits per heavy atom. The quantitative estimate of drug-likeness (QED) is 0.202. The minimum absolute atomic E-state index is 0.591. The lowest BCUT2D eigenvalue weighted by molar-refractivity contribution is 0.226. The third kappa shape index (κ3) is 8.77. The van der Waals surface area contributed by atoms with Gasteiger partial charge in [-0.05, 0) is 53.3 Å². The summed E-state index contributed by atoms with van der Waals surface area (Å²) in [5, 5.41) is 0. The van der Waals surface area contributed by atoms with Gasteiger partial charge in [0.2, 0.25) is 0 Å². The number of ether oxygens (including phenoxy) is 2. The minimum atomic E-state index is 0.591. The van der Waals surface area contributed by atoms with Crippen LogP contribution < -0.4 is 9.47 Å². The molecule has 2 unspecified atom stereocenters. The van der Waals surface area contributed by atoms with Crippen LogP contribution in [0.3, 0.4) is 0 Å². The van der Waals surface area contributed by atoms with Crippen molar-refractivity contribution in [3.05, 3.63) is 21.3 Å². The first-order chi connectivity index (χ1) is 13.1. The molecule has 1 aromatic carbocycles. The molecule has 0 bridgehead atoms. The number of hydrogen-bond acceptors (Lipinski definition) is 2. The van der Waals surface area contributed by atoms with E-state index in [0.29, 0.717) is 11.8 Å². The lowest BCUT2D eigenvalue weighted by Gasteiger charge is -2.19. The van der Waals surface area contributed by atoms with Gasteiger partial charge >= 0.3 is 0 Å². The second kappa shape index (κ2) is 14.2. The van der Waals surface area contributed by atoms with Crippen molar-refractivity contribution in [3.63, 3.8) is 0 Å². The molecule has 0 saturated heterocycles. The molecule has 0 spiro atoms. The van der Waals surface area contributed by atoms with Gasteiger partial charge < -0.3 is 9.47 Å². The number of hydrogen-bond donors (Lipinski definition) is 0. The van der Waals surface area contributed by atoms with Crippen LogP contribution >= 0.6 is 22.6 Å². The van der Waals surface area contributed by atoms with Gasteiger partial charge in [-0.3, -0.25) is 0 Å². The molecule has 0 amide bonds. The first-order valence-corrected chi connectivity index (χ1v) is 11.7. The Morgan fingerprint density at radius 2 is 1.41 bits per heavy atom. The summed E-state index contributed by atoms with van der Waals surface area (Å²) in [5.41, 5.74) is 0.789. The molecular weight excluding hydrogens is 447 g/mol. The Balaban J connectivity index is 2.75. The SMILES string of the molecule is C#Cc1cc(OCC(CC)CCCC)c(I)cc1OCC(CC)CCCC. The highest BCUT2D eigenvalue weighted by atomic mass is 127. The van der Waals surface area contributed by atoms with E-state index in [4.69, 9.17) is 15.9 Å². The van der Waals surface area contributed by atoms with Gasteiger partial charge in [0, 0.05) is 6.07 Å². The topological polar surface area (TPSA) is 18.5 Å². The van der Waals surface area contributed by atoms with Crippen LogP contribution in [-0.4, -0.2) is 13.2 Å². The number of terminal acetylenes is 1. The smallest absolute Gasteiger partial charge is 0.136 e. The van der Waals surface area contributed by atoms with E-state index in [9.17, 15) is 0 Å². The molecule has 152 valence electrons. The summed E-state index contributed by atoms with van der Waals surface area (Å²) in [6.07, 6.45) is 15.5. The first-order valence-electron chi connectivity index (χ1n) is 10.6. The second-order valence-electron chi connectivity index (χ2n) is 7.38. The van der Waals surface area contributed by atoms with Crippen molar-refractivity contribution in [2.24, 2.45) is 11.8 Å². The lowest BCUT2D eigenvalue weighted by atomic mass is 10.0. The molecule has 0 saturated carbocycles. The number of unbranched alkanes of at least 4 members (excludes halogenated alkanes) is 2. The molecule has 0 aliphatic heterocycles. The van der Waals surface area contributed by atoms with E-state index in [2.05, 4.69) is 56.2 Å². The maximum atomic E-state index is 6.13. The van der Waals surface area contributed by atoms with Gasteiger partial charge in [0.1, 0.15) is 11.5 Å². The molecule has 0 aromatic heterocycles. The van der Waals surface area contributed by atoms with Crippen molar-refractivity contribution in [1.29, 1.82) is 0 Å². The standard InChI is InChI=1S/C24H37IO2/c1-6-11-13-19(8-3)17-26-23-16-22(25)24(15-21(23)10-5)27-18-20(9-4)14-12-7-2/h5,15-16,19-20H,6-9,11-14,17-18H2,1-4H3. The molecule has 0 heterocycles. The van der Waals surface area contributed by atoms with Crippen LogP contribution in [-0.2, 0) is 0 Å². The van der Waals surface area contributed by atoms with Gasteiger partial charge in [-0.1, -0.05) is 72.1 Å². The van der Waals surface area contributed by atoms with E-state index in [1.165, 1.54) is 38.5 Å². The zero-order chi connectivity index (χ0) is 20.1. The van der Waals surface area contributed by atoms with E-state index < -0.39 is 0 Å². The maximum Gasteiger partial charge on any atom is 0.136 e. The highest BCUT2D eigenvalue weighted by Crippen LogP contribution is 2.31. The summed E-state index contributed by atoms with van der Waals surface area (Å²) in [4.78, 5) is 0. The highest BCUT2D eigenvalue weighted by molar-refractivity contribution is 14.1. The summed E-state index contributed by atoms with van der Waals surface area (Å²) >= 11 is 2.32. The molecule has 2 atom stereocenters. The molecule has 0 fully saturated rings. The van der Waals surface area contributed by atoms with E-state index in [-0.39, 0.29) is 0 Å². The van der Waals surface area contributed by atoms with Gasteiger partial charge in [-0.25, -0.2) is 0 Å². The largest absolute Gasteiger partial charge is 0.492 e. The Bertz CT molecular complexity index is 576. The fraction of sp³-hybridized carbons (Fsp3) is 0.667. The predicted octanol–water partition coefficient (Wildman–Crippen LogP) is 7.46. The van der Waals surface area contributed by atoms with E-state index in [1.54, 1.807) is 0 Å². The van der Waals surface area contributed by atoms with Gasteiger partial charge in [0.15, 0.2) is 0 Å². The number of rotatable bonds is 14. The minimum Gasteiger partial charge on any atom is -0.492 e. The number of benzene rings is 1. The fourth-order valence-corrected chi connectivity index (χ4v) is 3.68. The molecule has 0 N–H and O–H groups in total. The lowest BCUT2D eigenvalue weighted by Crippen LogP contribution is -2.13. The molecule has 0 aliphatic rings. The summed E-state index contributed by atoms with van der Waals surface area (Å²) in [7, 11) is 0. The van der Waals surface area contributed by atoms with Crippen molar-refractivity contribution in [2.75, 3.05) is 13.2 Å². The van der Waals surface area contributed by atoms with Gasteiger partial charge in [-0.2, -0.15) is 0 Å². The number of halogens is 1. The summed E-state index contributed by atoms with van der Waals surface area (Å²) in [6, 6.07) is 4.00. The summed E-state index contributed by atoms with van der Waals surface area (Å²) < 4.78 is 13.3. The average molecular weight is 484 g/mol. The van der Waals surface area contributed by atoms with E-state index in [1.807, 2.05) is 12.1 Å². The Kier molecular flexibility index (Phi) is 12.7. The van der Waals surface area contributed by atoms with Crippen LogP contribution in [0.15, 0.2) is 12.1 Å². The molecule has 0 aliphatic carbocycles. The van der Waals surface area contributed by atoms with Crippen LogP contribution in [0.25, 0.3) is 0 Å². The third-order valence-electron chi connectivity index (χ3n) is 5.23. The molecule has 3 heteroatoms. The van der Waals surface area contributed by atoms with E-state index >= 15 is 0 Å². The Morgan fingerprint density at radius 3 is 1.85 bits per heavy atom. The third-order valence-corrected chi connectivity index (χ3v) is 6.07. The second-order valence-corrected chi connectivity index (χ2v) is 8.54. The monoisotopic (exact) mass is 484 g/mol. The molecule has 1 rings (SSSR count). The first kappa shape index (κ1) is 24.1. The van der Waals surface area contributed by atoms with Crippen molar-refractivity contribution in [3.8, 4) is 23.8 Å². The molecule has 0 radical (unpaired) electrons. The van der Waals surface area contributed by atoms with Gasteiger partial charge in [-0.15, -0.1) is 6.42 Å². The van der Waals surface area contributed by atoms with Crippen molar-refractivity contribution in [2.45, 2.75) is 79.1 Å². The molecule has 27 heavy (non-hydrogen) atoms. The van der Waals surface area contributed by atoms with Crippen LogP contribution in [0.2, 0.25) is 0 Å². The molecule has 2 nitrogen and oxygen atoms in total. The average Bonchev–Trinajstić information content (AvgIpc) is 2.69. The van der Waals surface area contributed by atoms with Crippen LogP contribution in [0.1, 0.15) is 84.6 Å². The fourth-order valence-electron chi connectivity index (χ4n) is 3.09. The van der Waals surface area contributed by atoms with E-state index in [0.717, 1.165) is 46.7 Å². The van der Waals surface area contributed by atoms with Crippen LogP contribution in [0, 0.1) is 27.7 Å². The zero-order valence-electron chi connectivity index (χ0n) is 17.7. The van der Waals surface area contributed by atoms with Crippen molar-refractivity contribution < 1.29 is 9.47 Å². The van der Waals surface area contributed by atoms with Crippen molar-refractivity contribution in [1.82, 2.24) is 0 Å².